The SMILES string of the molecule is Cc1cc(Br)cc(CCl)c1OCc1cccnc1. The molecule has 0 saturated carbocycles. The molecule has 2 aromatic rings. The highest BCUT2D eigenvalue weighted by Crippen LogP contribution is 2.29. The van der Waals surface area contributed by atoms with Crippen molar-refractivity contribution in [3.05, 3.63) is 57.8 Å². The van der Waals surface area contributed by atoms with Gasteiger partial charge in [-0.3, -0.25) is 4.98 Å². The number of halogens is 2. The Hall–Kier alpha value is -1.06. The fourth-order valence-corrected chi connectivity index (χ4v) is 2.56. The molecule has 0 radical (unpaired) electrons. The van der Waals surface area contributed by atoms with Crippen molar-refractivity contribution < 1.29 is 4.74 Å². The molecule has 1 heterocycles. The average Bonchev–Trinajstić information content (AvgIpc) is 2.38. The van der Waals surface area contributed by atoms with Gasteiger partial charge in [0.2, 0.25) is 0 Å². The number of pyridine rings is 1. The summed E-state index contributed by atoms with van der Waals surface area (Å²) in [6, 6.07) is 7.89. The van der Waals surface area contributed by atoms with Crippen LogP contribution in [-0.2, 0) is 12.5 Å². The summed E-state index contributed by atoms with van der Waals surface area (Å²) in [6.45, 7) is 2.51. The Labute approximate surface area is 120 Å². The molecule has 0 fully saturated rings. The fraction of sp³-hybridized carbons (Fsp3) is 0.214. The lowest BCUT2D eigenvalue weighted by Crippen LogP contribution is -2.00. The van der Waals surface area contributed by atoms with Gasteiger partial charge in [0.15, 0.2) is 0 Å². The van der Waals surface area contributed by atoms with E-state index in [-0.39, 0.29) is 0 Å². The van der Waals surface area contributed by atoms with Crippen LogP contribution in [0.25, 0.3) is 0 Å². The Morgan fingerprint density at radius 1 is 1.39 bits per heavy atom. The van der Waals surface area contributed by atoms with Crippen LogP contribution in [0.15, 0.2) is 41.1 Å². The molecule has 0 amide bonds. The summed E-state index contributed by atoms with van der Waals surface area (Å²) in [4.78, 5) is 4.06. The van der Waals surface area contributed by atoms with E-state index in [0.29, 0.717) is 12.5 Å². The quantitative estimate of drug-likeness (QED) is 0.773. The minimum absolute atomic E-state index is 0.433. The lowest BCUT2D eigenvalue weighted by molar-refractivity contribution is 0.301. The van der Waals surface area contributed by atoms with Gasteiger partial charge in [0, 0.05) is 28.0 Å². The molecule has 2 rings (SSSR count). The van der Waals surface area contributed by atoms with Crippen LogP contribution < -0.4 is 4.74 Å². The van der Waals surface area contributed by atoms with Gasteiger partial charge in [-0.1, -0.05) is 22.0 Å². The molecule has 0 N–H and O–H groups in total. The van der Waals surface area contributed by atoms with Crippen molar-refractivity contribution in [1.82, 2.24) is 4.98 Å². The molecule has 2 nitrogen and oxygen atoms in total. The van der Waals surface area contributed by atoms with Crippen molar-refractivity contribution in [3.8, 4) is 5.75 Å². The van der Waals surface area contributed by atoms with Crippen molar-refractivity contribution >= 4 is 27.5 Å². The number of aromatic nitrogens is 1. The van der Waals surface area contributed by atoms with E-state index in [9.17, 15) is 0 Å². The number of alkyl halides is 1. The highest BCUT2D eigenvalue weighted by Gasteiger charge is 2.08. The number of benzene rings is 1. The van der Waals surface area contributed by atoms with Gasteiger partial charge >= 0.3 is 0 Å². The standard InChI is InChI=1S/C14H13BrClNO/c1-10-5-13(15)6-12(7-16)14(10)18-9-11-3-2-4-17-8-11/h2-6,8H,7,9H2,1H3. The van der Waals surface area contributed by atoms with Crippen LogP contribution in [-0.4, -0.2) is 4.98 Å². The zero-order valence-electron chi connectivity index (χ0n) is 9.99. The predicted octanol–water partition coefficient (Wildman–Crippen LogP) is 4.47. The lowest BCUT2D eigenvalue weighted by atomic mass is 10.1. The summed E-state index contributed by atoms with van der Waals surface area (Å²) in [7, 11) is 0. The van der Waals surface area contributed by atoms with E-state index in [1.54, 1.807) is 12.4 Å². The Morgan fingerprint density at radius 3 is 2.89 bits per heavy atom. The summed E-state index contributed by atoms with van der Waals surface area (Å²) in [5, 5.41) is 0. The van der Waals surface area contributed by atoms with Crippen LogP contribution in [0.4, 0.5) is 0 Å². The molecular weight excluding hydrogens is 314 g/mol. The van der Waals surface area contributed by atoms with E-state index in [4.69, 9.17) is 16.3 Å². The topological polar surface area (TPSA) is 22.1 Å². The number of hydrogen-bond donors (Lipinski definition) is 0. The van der Waals surface area contributed by atoms with E-state index < -0.39 is 0 Å². The van der Waals surface area contributed by atoms with Gasteiger partial charge in [0.25, 0.3) is 0 Å². The van der Waals surface area contributed by atoms with Crippen LogP contribution in [0, 0.1) is 6.92 Å². The monoisotopic (exact) mass is 325 g/mol. The molecule has 0 aliphatic carbocycles. The molecule has 0 saturated heterocycles. The van der Waals surface area contributed by atoms with Crippen molar-refractivity contribution in [3.63, 3.8) is 0 Å². The first-order chi connectivity index (χ1) is 8.70. The van der Waals surface area contributed by atoms with E-state index in [1.807, 2.05) is 31.2 Å². The number of rotatable bonds is 4. The van der Waals surface area contributed by atoms with Gasteiger partial charge in [0.1, 0.15) is 12.4 Å². The van der Waals surface area contributed by atoms with Gasteiger partial charge in [-0.25, -0.2) is 0 Å². The maximum absolute atomic E-state index is 5.94. The van der Waals surface area contributed by atoms with Gasteiger partial charge in [0.05, 0.1) is 5.88 Å². The summed E-state index contributed by atoms with van der Waals surface area (Å²) in [6.07, 6.45) is 3.55. The third kappa shape index (κ3) is 3.24. The van der Waals surface area contributed by atoms with E-state index in [2.05, 4.69) is 20.9 Å². The summed E-state index contributed by atoms with van der Waals surface area (Å²) in [5.41, 5.74) is 3.11. The molecule has 0 spiro atoms. The molecule has 18 heavy (non-hydrogen) atoms. The molecule has 1 aromatic carbocycles. The second-order valence-corrected chi connectivity index (χ2v) is 5.18. The molecular formula is C14H13BrClNO. The minimum Gasteiger partial charge on any atom is -0.488 e. The first kappa shape index (κ1) is 13.4. The highest BCUT2D eigenvalue weighted by atomic mass is 79.9. The fourth-order valence-electron chi connectivity index (χ4n) is 1.74. The molecule has 0 aliphatic rings. The lowest BCUT2D eigenvalue weighted by Gasteiger charge is -2.13. The van der Waals surface area contributed by atoms with Gasteiger partial charge in [-0.15, -0.1) is 11.6 Å². The van der Waals surface area contributed by atoms with Crippen LogP contribution in [0.5, 0.6) is 5.75 Å². The molecule has 94 valence electrons. The van der Waals surface area contributed by atoms with Gasteiger partial charge in [-0.05, 0) is 30.7 Å². The summed E-state index contributed by atoms with van der Waals surface area (Å²) >= 11 is 9.40. The Morgan fingerprint density at radius 2 is 2.22 bits per heavy atom. The minimum atomic E-state index is 0.433. The number of aryl methyl sites for hydroxylation is 1. The first-order valence-electron chi connectivity index (χ1n) is 5.57. The van der Waals surface area contributed by atoms with Crippen LogP contribution in [0.3, 0.4) is 0 Å². The average molecular weight is 327 g/mol. The van der Waals surface area contributed by atoms with E-state index in [1.165, 1.54) is 0 Å². The molecule has 0 atom stereocenters. The summed E-state index contributed by atoms with van der Waals surface area (Å²) < 4.78 is 6.87. The molecule has 0 aliphatic heterocycles. The second kappa shape index (κ2) is 6.21. The number of nitrogens with zero attached hydrogens (tertiary/aromatic N) is 1. The third-order valence-electron chi connectivity index (χ3n) is 2.57. The van der Waals surface area contributed by atoms with Crippen molar-refractivity contribution in [1.29, 1.82) is 0 Å². The van der Waals surface area contributed by atoms with E-state index >= 15 is 0 Å². The maximum atomic E-state index is 5.94. The van der Waals surface area contributed by atoms with Crippen LogP contribution in [0.2, 0.25) is 0 Å². The Kier molecular flexibility index (Phi) is 4.61. The largest absolute Gasteiger partial charge is 0.488 e. The molecule has 4 heteroatoms. The number of ether oxygens (including phenoxy) is 1. The zero-order chi connectivity index (χ0) is 13.0. The zero-order valence-corrected chi connectivity index (χ0v) is 12.3. The van der Waals surface area contributed by atoms with Crippen molar-refractivity contribution in [2.75, 3.05) is 0 Å². The van der Waals surface area contributed by atoms with Crippen molar-refractivity contribution in [2.45, 2.75) is 19.4 Å². The normalized spacial score (nSPS) is 10.4. The summed E-state index contributed by atoms with van der Waals surface area (Å²) in [5.74, 6) is 1.29. The van der Waals surface area contributed by atoms with Crippen molar-refractivity contribution in [2.24, 2.45) is 0 Å². The van der Waals surface area contributed by atoms with Crippen LogP contribution >= 0.6 is 27.5 Å². The van der Waals surface area contributed by atoms with Gasteiger partial charge in [-0.2, -0.15) is 0 Å². The Balaban J connectivity index is 2.19. The van der Waals surface area contributed by atoms with E-state index in [0.717, 1.165) is 26.9 Å². The smallest absolute Gasteiger partial charge is 0.127 e. The molecule has 0 unspecified atom stereocenters. The predicted molar refractivity (Wildman–Crippen MR) is 77.0 cm³/mol. The second-order valence-electron chi connectivity index (χ2n) is 3.99. The molecule has 0 bridgehead atoms. The van der Waals surface area contributed by atoms with Crippen LogP contribution in [0.1, 0.15) is 16.7 Å². The maximum Gasteiger partial charge on any atom is 0.127 e. The first-order valence-corrected chi connectivity index (χ1v) is 6.90. The Bertz CT molecular complexity index is 531. The van der Waals surface area contributed by atoms with Gasteiger partial charge < -0.3 is 4.74 Å². The number of hydrogen-bond acceptors (Lipinski definition) is 2. The highest BCUT2D eigenvalue weighted by molar-refractivity contribution is 9.10. The molecule has 1 aromatic heterocycles. The third-order valence-corrected chi connectivity index (χ3v) is 3.31.